The van der Waals surface area contributed by atoms with Gasteiger partial charge in [-0.3, -0.25) is 9.59 Å². The molecule has 192 valence electrons. The molecule has 4 nitrogen and oxygen atoms in total. The van der Waals surface area contributed by atoms with E-state index < -0.39 is 0 Å². The number of amides is 2. The van der Waals surface area contributed by atoms with Crippen molar-refractivity contribution in [2.75, 3.05) is 26.2 Å². The summed E-state index contributed by atoms with van der Waals surface area (Å²) in [7, 11) is 0. The molecular formula is C28H58N2O2. The average Bonchev–Trinajstić information content (AvgIpc) is 2.80. The van der Waals surface area contributed by atoms with E-state index in [0.717, 1.165) is 51.9 Å². The van der Waals surface area contributed by atoms with Gasteiger partial charge in [-0.15, -0.1) is 0 Å². The van der Waals surface area contributed by atoms with Gasteiger partial charge in [-0.1, -0.05) is 90.9 Å². The molecule has 0 aliphatic heterocycles. The maximum absolute atomic E-state index is 11.7. The van der Waals surface area contributed by atoms with Crippen LogP contribution in [0.2, 0.25) is 0 Å². The summed E-state index contributed by atoms with van der Waals surface area (Å²) in [5.41, 5.74) is 0. The SMILES string of the molecule is CCCCCCCCCC(=O)N(CC)CC.CCCCCCCCCC(=O)N(CC)CC. The number of carbonyl (C=O) groups excluding carboxylic acids is 2. The van der Waals surface area contributed by atoms with E-state index >= 15 is 0 Å². The number of carbonyl (C=O) groups is 2. The molecule has 0 aliphatic carbocycles. The Hall–Kier alpha value is -1.06. The zero-order chi connectivity index (χ0) is 24.5. The summed E-state index contributed by atoms with van der Waals surface area (Å²) in [5, 5.41) is 0. The Balaban J connectivity index is 0. The van der Waals surface area contributed by atoms with Gasteiger partial charge in [-0.2, -0.15) is 0 Å². The number of rotatable bonds is 20. The number of hydrogen-bond acceptors (Lipinski definition) is 2. The van der Waals surface area contributed by atoms with Crippen LogP contribution in [0.25, 0.3) is 0 Å². The van der Waals surface area contributed by atoms with E-state index in [4.69, 9.17) is 0 Å². The third-order valence-corrected chi connectivity index (χ3v) is 6.22. The molecule has 0 aromatic rings. The lowest BCUT2D eigenvalue weighted by atomic mass is 10.1. The van der Waals surface area contributed by atoms with E-state index in [1.165, 1.54) is 77.0 Å². The van der Waals surface area contributed by atoms with E-state index in [-0.39, 0.29) is 0 Å². The summed E-state index contributed by atoms with van der Waals surface area (Å²) in [6, 6.07) is 0. The molecule has 0 aromatic heterocycles. The summed E-state index contributed by atoms with van der Waals surface area (Å²) in [4.78, 5) is 27.2. The Kier molecular flexibility index (Phi) is 27.1. The highest BCUT2D eigenvalue weighted by molar-refractivity contribution is 5.76. The van der Waals surface area contributed by atoms with Crippen molar-refractivity contribution in [1.29, 1.82) is 0 Å². The fourth-order valence-corrected chi connectivity index (χ4v) is 3.94. The van der Waals surface area contributed by atoms with Gasteiger partial charge in [0.15, 0.2) is 0 Å². The first-order valence-electron chi connectivity index (χ1n) is 14.1. The Morgan fingerprint density at radius 3 is 0.906 bits per heavy atom. The van der Waals surface area contributed by atoms with E-state index in [2.05, 4.69) is 13.8 Å². The summed E-state index contributed by atoms with van der Waals surface area (Å²) < 4.78 is 0. The fraction of sp³-hybridized carbons (Fsp3) is 0.929. The third kappa shape index (κ3) is 20.8. The second kappa shape index (κ2) is 26.2. The highest BCUT2D eigenvalue weighted by Gasteiger charge is 2.08. The Morgan fingerprint density at radius 2 is 0.656 bits per heavy atom. The van der Waals surface area contributed by atoms with Crippen molar-refractivity contribution in [3.63, 3.8) is 0 Å². The minimum absolute atomic E-state index is 0.332. The van der Waals surface area contributed by atoms with E-state index in [1.54, 1.807) is 0 Å². The molecule has 0 atom stereocenters. The minimum Gasteiger partial charge on any atom is -0.343 e. The van der Waals surface area contributed by atoms with Gasteiger partial charge in [0.05, 0.1) is 0 Å². The first-order valence-corrected chi connectivity index (χ1v) is 14.1. The van der Waals surface area contributed by atoms with Crippen molar-refractivity contribution >= 4 is 11.8 Å². The van der Waals surface area contributed by atoms with Crippen LogP contribution in [0.5, 0.6) is 0 Å². The molecule has 0 radical (unpaired) electrons. The van der Waals surface area contributed by atoms with Gasteiger partial charge in [0, 0.05) is 39.0 Å². The first-order chi connectivity index (χ1) is 15.5. The van der Waals surface area contributed by atoms with Gasteiger partial charge in [0.2, 0.25) is 11.8 Å². The third-order valence-electron chi connectivity index (χ3n) is 6.22. The van der Waals surface area contributed by atoms with Crippen molar-refractivity contribution in [3.8, 4) is 0 Å². The molecule has 2 amide bonds. The second-order valence-corrected chi connectivity index (χ2v) is 8.87. The molecule has 0 bridgehead atoms. The number of hydrogen-bond donors (Lipinski definition) is 0. The quantitative estimate of drug-likeness (QED) is 0.175. The maximum atomic E-state index is 11.7. The summed E-state index contributed by atoms with van der Waals surface area (Å²) in [5.74, 6) is 0.664. The molecule has 0 saturated heterocycles. The van der Waals surface area contributed by atoms with Crippen LogP contribution < -0.4 is 0 Å². The van der Waals surface area contributed by atoms with Crippen LogP contribution in [0.1, 0.15) is 144 Å². The van der Waals surface area contributed by atoms with Gasteiger partial charge in [0.25, 0.3) is 0 Å². The van der Waals surface area contributed by atoms with Gasteiger partial charge >= 0.3 is 0 Å². The lowest BCUT2D eigenvalue weighted by Crippen LogP contribution is -2.30. The van der Waals surface area contributed by atoms with Crippen molar-refractivity contribution in [3.05, 3.63) is 0 Å². The van der Waals surface area contributed by atoms with Crippen molar-refractivity contribution in [2.45, 2.75) is 144 Å². The zero-order valence-electron chi connectivity index (χ0n) is 22.9. The highest BCUT2D eigenvalue weighted by atomic mass is 16.2. The standard InChI is InChI=1S/2C14H29NO/c2*1-4-7-8-9-10-11-12-13-14(16)15(5-2)6-3/h2*4-13H2,1-3H3. The van der Waals surface area contributed by atoms with E-state index in [9.17, 15) is 9.59 Å². The van der Waals surface area contributed by atoms with Crippen LogP contribution in [0.4, 0.5) is 0 Å². The topological polar surface area (TPSA) is 40.6 Å². The largest absolute Gasteiger partial charge is 0.343 e. The molecular weight excluding hydrogens is 396 g/mol. The molecule has 32 heavy (non-hydrogen) atoms. The summed E-state index contributed by atoms with van der Waals surface area (Å²) >= 11 is 0. The number of nitrogens with zero attached hydrogens (tertiary/aromatic N) is 2. The Bertz CT molecular complexity index is 366. The molecule has 4 heteroatoms. The van der Waals surface area contributed by atoms with Gasteiger partial charge in [-0.05, 0) is 40.5 Å². The van der Waals surface area contributed by atoms with Crippen LogP contribution in [0, 0.1) is 0 Å². The minimum atomic E-state index is 0.332. The molecule has 0 rings (SSSR count). The highest BCUT2D eigenvalue weighted by Crippen LogP contribution is 2.10. The smallest absolute Gasteiger partial charge is 0.222 e. The molecule has 0 spiro atoms. The van der Waals surface area contributed by atoms with Gasteiger partial charge in [0.1, 0.15) is 0 Å². The second-order valence-electron chi connectivity index (χ2n) is 8.87. The van der Waals surface area contributed by atoms with Crippen LogP contribution in [0.15, 0.2) is 0 Å². The predicted octanol–water partition coefficient (Wildman–Crippen LogP) is 7.99. The van der Waals surface area contributed by atoms with E-state index in [0.29, 0.717) is 11.8 Å². The van der Waals surface area contributed by atoms with Crippen molar-refractivity contribution in [2.24, 2.45) is 0 Å². The van der Waals surface area contributed by atoms with Gasteiger partial charge < -0.3 is 9.80 Å². The summed E-state index contributed by atoms with van der Waals surface area (Å²) in [6.45, 7) is 16.1. The predicted molar refractivity (Wildman–Crippen MR) is 141 cm³/mol. The van der Waals surface area contributed by atoms with Crippen LogP contribution >= 0.6 is 0 Å². The van der Waals surface area contributed by atoms with E-state index in [1.807, 2.05) is 37.5 Å². The zero-order valence-corrected chi connectivity index (χ0v) is 22.9. The first kappa shape index (κ1) is 33.1. The van der Waals surface area contributed by atoms with Gasteiger partial charge in [-0.25, -0.2) is 0 Å². The van der Waals surface area contributed by atoms with Crippen LogP contribution in [-0.2, 0) is 9.59 Å². The maximum Gasteiger partial charge on any atom is 0.222 e. The fourth-order valence-electron chi connectivity index (χ4n) is 3.94. The van der Waals surface area contributed by atoms with Crippen molar-refractivity contribution in [1.82, 2.24) is 9.80 Å². The lowest BCUT2D eigenvalue weighted by molar-refractivity contribution is -0.131. The summed E-state index contributed by atoms with van der Waals surface area (Å²) in [6.07, 6.45) is 19.4. The van der Waals surface area contributed by atoms with Crippen molar-refractivity contribution < 1.29 is 9.59 Å². The Morgan fingerprint density at radius 1 is 0.406 bits per heavy atom. The molecule has 0 N–H and O–H groups in total. The average molecular weight is 455 g/mol. The van der Waals surface area contributed by atoms with Crippen LogP contribution in [0.3, 0.4) is 0 Å². The molecule has 0 aliphatic rings. The normalized spacial score (nSPS) is 10.4. The lowest BCUT2D eigenvalue weighted by Gasteiger charge is -2.18. The molecule has 0 fully saturated rings. The monoisotopic (exact) mass is 454 g/mol. The molecule has 0 aromatic carbocycles. The van der Waals surface area contributed by atoms with Crippen LogP contribution in [-0.4, -0.2) is 47.8 Å². The molecule has 0 saturated carbocycles. The molecule has 0 unspecified atom stereocenters. The Labute approximate surface area is 201 Å². The molecule has 0 heterocycles. The number of unbranched alkanes of at least 4 members (excludes halogenated alkanes) is 12.